The van der Waals surface area contributed by atoms with Crippen molar-refractivity contribution in [1.82, 2.24) is 14.5 Å². The van der Waals surface area contributed by atoms with Crippen molar-refractivity contribution in [3.05, 3.63) is 99.6 Å². The Bertz CT molecular complexity index is 1110. The van der Waals surface area contributed by atoms with Crippen molar-refractivity contribution < 1.29 is 0 Å². The van der Waals surface area contributed by atoms with Crippen LogP contribution in [0.1, 0.15) is 11.3 Å². The fourth-order valence-corrected chi connectivity index (χ4v) is 3.01. The molecule has 0 aliphatic carbocycles. The monoisotopic (exact) mass is 347 g/mol. The molecule has 122 valence electrons. The second-order valence-electron chi connectivity index (χ2n) is 5.69. The minimum atomic E-state index is -0.183. The first-order valence-corrected chi connectivity index (χ1v) is 8.27. The Balaban J connectivity index is 1.97. The Morgan fingerprint density at radius 3 is 2.60 bits per heavy atom. The van der Waals surface area contributed by atoms with E-state index in [0.29, 0.717) is 34.0 Å². The van der Waals surface area contributed by atoms with E-state index < -0.39 is 0 Å². The van der Waals surface area contributed by atoms with Gasteiger partial charge in [-0.3, -0.25) is 9.36 Å². The summed E-state index contributed by atoms with van der Waals surface area (Å²) in [5.74, 6) is 0. The van der Waals surface area contributed by atoms with Crippen LogP contribution in [0.2, 0.25) is 5.02 Å². The van der Waals surface area contributed by atoms with Gasteiger partial charge in [-0.1, -0.05) is 48.0 Å². The molecule has 0 saturated heterocycles. The van der Waals surface area contributed by atoms with Crippen LogP contribution in [0.4, 0.5) is 0 Å². The van der Waals surface area contributed by atoms with Crippen LogP contribution >= 0.6 is 11.6 Å². The molecule has 0 N–H and O–H groups in total. The van der Waals surface area contributed by atoms with Gasteiger partial charge in [0, 0.05) is 17.6 Å². The van der Waals surface area contributed by atoms with Crippen LogP contribution in [0.5, 0.6) is 0 Å². The maximum atomic E-state index is 13.1. The van der Waals surface area contributed by atoms with Crippen molar-refractivity contribution in [3.63, 3.8) is 0 Å². The number of benzene rings is 2. The van der Waals surface area contributed by atoms with Gasteiger partial charge in [-0.15, -0.1) is 0 Å². The second kappa shape index (κ2) is 6.49. The molecule has 5 heteroatoms. The first-order valence-electron chi connectivity index (χ1n) is 7.89. The van der Waals surface area contributed by atoms with Gasteiger partial charge < -0.3 is 0 Å². The summed E-state index contributed by atoms with van der Waals surface area (Å²) in [6, 6.07) is 20.7. The van der Waals surface area contributed by atoms with Crippen molar-refractivity contribution in [2.24, 2.45) is 0 Å². The lowest BCUT2D eigenvalue weighted by atomic mass is 10.1. The van der Waals surface area contributed by atoms with Crippen molar-refractivity contribution >= 4 is 22.8 Å². The standard InChI is InChI=1S/C20H14ClN3O/c21-15-8-4-9-16(13-15)24-19-17(10-5-11-22-19)23-18(20(24)25)12-14-6-2-1-3-7-14/h1-11,13H,12H2. The lowest BCUT2D eigenvalue weighted by Crippen LogP contribution is -2.25. The summed E-state index contributed by atoms with van der Waals surface area (Å²) in [7, 11) is 0. The van der Waals surface area contributed by atoms with Crippen molar-refractivity contribution in [3.8, 4) is 5.69 Å². The second-order valence-corrected chi connectivity index (χ2v) is 6.12. The third-order valence-electron chi connectivity index (χ3n) is 3.96. The largest absolute Gasteiger partial charge is 0.278 e. The fraction of sp³-hybridized carbons (Fsp3) is 0.0500. The minimum Gasteiger partial charge on any atom is -0.267 e. The van der Waals surface area contributed by atoms with Gasteiger partial charge in [0.1, 0.15) is 11.2 Å². The molecule has 0 unspecified atom stereocenters. The number of halogens is 1. The molecule has 4 aromatic rings. The number of rotatable bonds is 3. The third kappa shape index (κ3) is 3.04. The van der Waals surface area contributed by atoms with Crippen molar-refractivity contribution in [1.29, 1.82) is 0 Å². The summed E-state index contributed by atoms with van der Waals surface area (Å²) in [5.41, 5.74) is 3.20. The van der Waals surface area contributed by atoms with Gasteiger partial charge >= 0.3 is 0 Å². The van der Waals surface area contributed by atoms with Gasteiger partial charge in [-0.25, -0.2) is 9.97 Å². The summed E-state index contributed by atoms with van der Waals surface area (Å²) in [6.45, 7) is 0. The van der Waals surface area contributed by atoms with Crippen LogP contribution in [0.15, 0.2) is 77.7 Å². The van der Waals surface area contributed by atoms with Crippen molar-refractivity contribution in [2.75, 3.05) is 0 Å². The van der Waals surface area contributed by atoms with E-state index in [2.05, 4.69) is 9.97 Å². The predicted octanol–water partition coefficient (Wildman–Crippen LogP) is 4.02. The smallest absolute Gasteiger partial charge is 0.267 e. The predicted molar refractivity (Wildman–Crippen MR) is 99.4 cm³/mol. The minimum absolute atomic E-state index is 0.183. The Labute approximate surface area is 149 Å². The summed E-state index contributed by atoms with van der Waals surface area (Å²) in [6.07, 6.45) is 2.12. The van der Waals surface area contributed by atoms with E-state index in [1.807, 2.05) is 54.6 Å². The Hall–Kier alpha value is -2.98. The molecule has 0 radical (unpaired) electrons. The summed E-state index contributed by atoms with van der Waals surface area (Å²) < 4.78 is 1.58. The van der Waals surface area contributed by atoms with Crippen LogP contribution in [-0.4, -0.2) is 14.5 Å². The van der Waals surface area contributed by atoms with Gasteiger partial charge in [0.15, 0.2) is 5.65 Å². The van der Waals surface area contributed by atoms with Gasteiger partial charge in [0.2, 0.25) is 0 Å². The van der Waals surface area contributed by atoms with E-state index in [4.69, 9.17) is 11.6 Å². The highest BCUT2D eigenvalue weighted by Gasteiger charge is 2.14. The maximum Gasteiger partial charge on any atom is 0.278 e. The highest BCUT2D eigenvalue weighted by molar-refractivity contribution is 6.30. The van der Waals surface area contributed by atoms with E-state index in [1.165, 1.54) is 0 Å². The summed E-state index contributed by atoms with van der Waals surface area (Å²) >= 11 is 6.12. The molecule has 4 rings (SSSR count). The Morgan fingerprint density at radius 2 is 1.80 bits per heavy atom. The molecule has 4 nitrogen and oxygen atoms in total. The Morgan fingerprint density at radius 1 is 0.960 bits per heavy atom. The zero-order valence-corrected chi connectivity index (χ0v) is 14.0. The van der Waals surface area contributed by atoms with E-state index >= 15 is 0 Å². The van der Waals surface area contributed by atoms with E-state index in [9.17, 15) is 4.79 Å². The molecule has 2 aromatic carbocycles. The molecule has 0 bridgehead atoms. The number of nitrogens with zero attached hydrogens (tertiary/aromatic N) is 3. The first-order chi connectivity index (χ1) is 12.2. The van der Waals surface area contributed by atoms with Crippen LogP contribution in [0.25, 0.3) is 16.9 Å². The number of hydrogen-bond acceptors (Lipinski definition) is 3. The van der Waals surface area contributed by atoms with Crippen LogP contribution < -0.4 is 5.56 Å². The Kier molecular flexibility index (Phi) is 4.04. The lowest BCUT2D eigenvalue weighted by molar-refractivity contribution is 0.927. The SMILES string of the molecule is O=c1c(Cc2ccccc2)nc2cccnc2n1-c1cccc(Cl)c1. The molecule has 2 heterocycles. The average molecular weight is 348 g/mol. The zero-order valence-electron chi connectivity index (χ0n) is 13.3. The number of hydrogen-bond donors (Lipinski definition) is 0. The van der Waals surface area contributed by atoms with Crippen LogP contribution in [0.3, 0.4) is 0 Å². The highest BCUT2D eigenvalue weighted by Crippen LogP contribution is 2.18. The van der Waals surface area contributed by atoms with E-state index in [0.717, 1.165) is 5.56 Å². The molecule has 25 heavy (non-hydrogen) atoms. The summed E-state index contributed by atoms with van der Waals surface area (Å²) in [5, 5.41) is 0.565. The van der Waals surface area contributed by atoms with Crippen LogP contribution in [0, 0.1) is 0 Å². The van der Waals surface area contributed by atoms with Crippen molar-refractivity contribution in [2.45, 2.75) is 6.42 Å². The quantitative estimate of drug-likeness (QED) is 0.562. The number of pyridine rings is 1. The third-order valence-corrected chi connectivity index (χ3v) is 4.20. The van der Waals surface area contributed by atoms with Gasteiger partial charge in [0.25, 0.3) is 5.56 Å². The van der Waals surface area contributed by atoms with Gasteiger partial charge in [0.05, 0.1) is 5.69 Å². The molecule has 0 fully saturated rings. The molecular formula is C20H14ClN3O. The van der Waals surface area contributed by atoms with Gasteiger partial charge in [-0.05, 0) is 35.9 Å². The normalized spacial score (nSPS) is 10.9. The lowest BCUT2D eigenvalue weighted by Gasteiger charge is -2.12. The maximum absolute atomic E-state index is 13.1. The average Bonchev–Trinajstić information content (AvgIpc) is 2.63. The number of aromatic nitrogens is 3. The molecule has 0 amide bonds. The summed E-state index contributed by atoms with van der Waals surface area (Å²) in [4.78, 5) is 22.0. The molecule has 0 spiro atoms. The molecule has 2 aromatic heterocycles. The number of fused-ring (bicyclic) bond motifs is 1. The van der Waals surface area contributed by atoms with Crippen LogP contribution in [-0.2, 0) is 6.42 Å². The highest BCUT2D eigenvalue weighted by atomic mass is 35.5. The molecule has 0 saturated carbocycles. The molecule has 0 atom stereocenters. The fourth-order valence-electron chi connectivity index (χ4n) is 2.83. The zero-order chi connectivity index (χ0) is 17.2. The first kappa shape index (κ1) is 15.5. The van der Waals surface area contributed by atoms with Gasteiger partial charge in [-0.2, -0.15) is 0 Å². The molecule has 0 aliphatic heterocycles. The molecule has 0 aliphatic rings. The van der Waals surface area contributed by atoms with E-state index in [-0.39, 0.29) is 5.56 Å². The topological polar surface area (TPSA) is 47.8 Å². The van der Waals surface area contributed by atoms with E-state index in [1.54, 1.807) is 22.9 Å². The molecular weight excluding hydrogens is 334 g/mol.